The fourth-order valence-electron chi connectivity index (χ4n) is 2.69. The van der Waals surface area contributed by atoms with Crippen LogP contribution in [-0.2, 0) is 13.1 Å². The molecule has 0 aliphatic rings. The summed E-state index contributed by atoms with van der Waals surface area (Å²) in [4.78, 5) is 0. The van der Waals surface area contributed by atoms with Gasteiger partial charge in [0.05, 0.1) is 0 Å². The Kier molecular flexibility index (Phi) is 8.49. The highest BCUT2D eigenvalue weighted by atomic mass is 16.5. The van der Waals surface area contributed by atoms with E-state index in [0.29, 0.717) is 26.2 Å². The molecule has 4 nitrogen and oxygen atoms in total. The van der Waals surface area contributed by atoms with E-state index in [9.17, 15) is 10.4 Å². The van der Waals surface area contributed by atoms with Crippen LogP contribution in [0.1, 0.15) is 36.8 Å². The topological polar surface area (TPSA) is 46.9 Å². The van der Waals surface area contributed by atoms with Crippen molar-refractivity contribution < 1.29 is 10.4 Å². The SMILES string of the molecule is ON(CCCCCCN(O)Cc1ccccc1)Cc1ccccc1. The quantitative estimate of drug-likeness (QED) is 0.476. The molecule has 0 amide bonds. The Hall–Kier alpha value is -1.72. The number of hydrogen-bond donors (Lipinski definition) is 2. The molecule has 0 aliphatic carbocycles. The molecule has 0 bridgehead atoms. The Morgan fingerprint density at radius 2 is 0.917 bits per heavy atom. The number of rotatable bonds is 11. The van der Waals surface area contributed by atoms with E-state index in [0.717, 1.165) is 36.8 Å². The second-order valence-corrected chi connectivity index (χ2v) is 6.16. The van der Waals surface area contributed by atoms with Crippen molar-refractivity contribution in [3.05, 3.63) is 71.8 Å². The van der Waals surface area contributed by atoms with Crippen LogP contribution in [0.25, 0.3) is 0 Å². The summed E-state index contributed by atoms with van der Waals surface area (Å²) in [6, 6.07) is 20.0. The summed E-state index contributed by atoms with van der Waals surface area (Å²) in [5.41, 5.74) is 2.24. The van der Waals surface area contributed by atoms with Crippen molar-refractivity contribution in [2.24, 2.45) is 0 Å². The minimum Gasteiger partial charge on any atom is -0.314 e. The molecule has 0 saturated heterocycles. The van der Waals surface area contributed by atoms with Crippen LogP contribution in [-0.4, -0.2) is 33.6 Å². The van der Waals surface area contributed by atoms with Crippen molar-refractivity contribution in [1.82, 2.24) is 10.1 Å². The van der Waals surface area contributed by atoms with Gasteiger partial charge in [0.25, 0.3) is 0 Å². The van der Waals surface area contributed by atoms with Crippen LogP contribution in [0, 0.1) is 0 Å². The summed E-state index contributed by atoms with van der Waals surface area (Å²) in [5, 5.41) is 22.5. The molecule has 0 unspecified atom stereocenters. The van der Waals surface area contributed by atoms with E-state index >= 15 is 0 Å². The Balaban J connectivity index is 1.49. The zero-order valence-corrected chi connectivity index (χ0v) is 14.2. The maximum Gasteiger partial charge on any atom is 0.0488 e. The van der Waals surface area contributed by atoms with Gasteiger partial charge in [-0.05, 0) is 24.0 Å². The van der Waals surface area contributed by atoms with Crippen molar-refractivity contribution in [3.8, 4) is 0 Å². The molecule has 2 rings (SSSR count). The third kappa shape index (κ3) is 7.70. The van der Waals surface area contributed by atoms with Crippen molar-refractivity contribution >= 4 is 0 Å². The molecule has 0 heterocycles. The third-order valence-electron chi connectivity index (χ3n) is 4.00. The Labute approximate surface area is 144 Å². The van der Waals surface area contributed by atoms with Crippen molar-refractivity contribution in [2.75, 3.05) is 13.1 Å². The summed E-state index contributed by atoms with van der Waals surface area (Å²) < 4.78 is 0. The van der Waals surface area contributed by atoms with Gasteiger partial charge in [0.1, 0.15) is 0 Å². The molecule has 2 aromatic carbocycles. The molecule has 4 heteroatoms. The number of benzene rings is 2. The summed E-state index contributed by atoms with van der Waals surface area (Å²) in [6.45, 7) is 2.51. The van der Waals surface area contributed by atoms with Gasteiger partial charge in [0.2, 0.25) is 0 Å². The smallest absolute Gasteiger partial charge is 0.0488 e. The normalized spacial score (nSPS) is 11.3. The van der Waals surface area contributed by atoms with Crippen molar-refractivity contribution in [2.45, 2.75) is 38.8 Å². The summed E-state index contributed by atoms with van der Waals surface area (Å²) in [5.74, 6) is 0. The molecule has 2 N–H and O–H groups in total. The maximum absolute atomic E-state index is 9.90. The molecule has 0 radical (unpaired) electrons. The number of hydroxylamine groups is 4. The lowest BCUT2D eigenvalue weighted by Crippen LogP contribution is -2.21. The van der Waals surface area contributed by atoms with E-state index in [4.69, 9.17) is 0 Å². The highest BCUT2D eigenvalue weighted by Gasteiger charge is 2.03. The minimum atomic E-state index is 0.572. The molecule has 0 aromatic heterocycles. The maximum atomic E-state index is 9.90. The predicted octanol–water partition coefficient (Wildman–Crippen LogP) is 4.33. The predicted molar refractivity (Wildman–Crippen MR) is 95.7 cm³/mol. The van der Waals surface area contributed by atoms with Gasteiger partial charge in [-0.25, -0.2) is 0 Å². The van der Waals surface area contributed by atoms with Gasteiger partial charge < -0.3 is 10.4 Å². The first-order chi connectivity index (χ1) is 11.7. The highest BCUT2D eigenvalue weighted by Crippen LogP contribution is 2.07. The first-order valence-electron chi connectivity index (χ1n) is 8.69. The van der Waals surface area contributed by atoms with Gasteiger partial charge in [-0.1, -0.05) is 73.5 Å². The molecular weight excluding hydrogens is 300 g/mol. The van der Waals surface area contributed by atoms with Crippen LogP contribution in [0.5, 0.6) is 0 Å². The minimum absolute atomic E-state index is 0.572. The lowest BCUT2D eigenvalue weighted by molar-refractivity contribution is -0.103. The molecule has 130 valence electrons. The standard InChI is InChI=1S/C20H28N2O2/c23-21(17-19-11-5-3-6-12-19)15-9-1-2-10-16-22(24)18-20-13-7-4-8-14-20/h3-8,11-14,23-24H,1-2,9-10,15-18H2. The Morgan fingerprint density at radius 1 is 0.542 bits per heavy atom. The largest absolute Gasteiger partial charge is 0.314 e. The summed E-state index contributed by atoms with van der Waals surface area (Å²) >= 11 is 0. The third-order valence-corrected chi connectivity index (χ3v) is 4.00. The summed E-state index contributed by atoms with van der Waals surface area (Å²) in [6.07, 6.45) is 4.05. The van der Waals surface area contributed by atoms with Crippen molar-refractivity contribution in [1.29, 1.82) is 0 Å². The van der Waals surface area contributed by atoms with Crippen LogP contribution in [0.4, 0.5) is 0 Å². The number of unbranched alkanes of at least 4 members (excludes halogenated alkanes) is 3. The molecule has 24 heavy (non-hydrogen) atoms. The Morgan fingerprint density at radius 3 is 1.29 bits per heavy atom. The van der Waals surface area contributed by atoms with Crippen LogP contribution >= 0.6 is 0 Å². The monoisotopic (exact) mass is 328 g/mol. The van der Waals surface area contributed by atoms with Gasteiger partial charge in [-0.2, -0.15) is 10.1 Å². The fourth-order valence-corrected chi connectivity index (χ4v) is 2.69. The van der Waals surface area contributed by atoms with Gasteiger partial charge in [0, 0.05) is 26.2 Å². The van der Waals surface area contributed by atoms with Crippen LogP contribution < -0.4 is 0 Å². The van der Waals surface area contributed by atoms with E-state index < -0.39 is 0 Å². The van der Waals surface area contributed by atoms with Crippen LogP contribution in [0.2, 0.25) is 0 Å². The average molecular weight is 328 g/mol. The molecule has 0 saturated carbocycles. The van der Waals surface area contributed by atoms with E-state index in [-0.39, 0.29) is 0 Å². The van der Waals surface area contributed by atoms with Gasteiger partial charge in [0.15, 0.2) is 0 Å². The van der Waals surface area contributed by atoms with Crippen LogP contribution in [0.3, 0.4) is 0 Å². The molecule has 2 aromatic rings. The van der Waals surface area contributed by atoms with Gasteiger partial charge >= 0.3 is 0 Å². The highest BCUT2D eigenvalue weighted by molar-refractivity contribution is 5.14. The number of nitrogens with zero attached hydrogens (tertiary/aromatic N) is 2. The lowest BCUT2D eigenvalue weighted by Gasteiger charge is -2.16. The van der Waals surface area contributed by atoms with Crippen LogP contribution in [0.15, 0.2) is 60.7 Å². The van der Waals surface area contributed by atoms with E-state index in [1.54, 1.807) is 0 Å². The lowest BCUT2D eigenvalue weighted by atomic mass is 10.1. The first kappa shape index (κ1) is 18.6. The van der Waals surface area contributed by atoms with E-state index in [1.807, 2.05) is 60.7 Å². The molecule has 0 atom stereocenters. The summed E-state index contributed by atoms with van der Waals surface area (Å²) in [7, 11) is 0. The zero-order chi connectivity index (χ0) is 17.0. The molecule has 0 fully saturated rings. The van der Waals surface area contributed by atoms with Crippen molar-refractivity contribution in [3.63, 3.8) is 0 Å². The average Bonchev–Trinajstić information content (AvgIpc) is 2.60. The van der Waals surface area contributed by atoms with Gasteiger partial charge in [-0.15, -0.1) is 0 Å². The van der Waals surface area contributed by atoms with E-state index in [2.05, 4.69) is 0 Å². The first-order valence-corrected chi connectivity index (χ1v) is 8.69. The molecule has 0 aliphatic heterocycles. The molecular formula is C20H28N2O2. The number of hydrogen-bond acceptors (Lipinski definition) is 4. The zero-order valence-electron chi connectivity index (χ0n) is 14.2. The second-order valence-electron chi connectivity index (χ2n) is 6.16. The Bertz CT molecular complexity index is 497. The second kappa shape index (κ2) is 10.9. The van der Waals surface area contributed by atoms with Gasteiger partial charge in [-0.3, -0.25) is 0 Å². The van der Waals surface area contributed by atoms with E-state index in [1.165, 1.54) is 10.1 Å². The fraction of sp³-hybridized carbons (Fsp3) is 0.400. The molecule has 0 spiro atoms.